The van der Waals surface area contributed by atoms with E-state index in [1.807, 2.05) is 13.1 Å². The van der Waals surface area contributed by atoms with Crippen LogP contribution in [0.3, 0.4) is 0 Å². The van der Waals surface area contributed by atoms with Gasteiger partial charge in [0, 0.05) is 18.0 Å². The van der Waals surface area contributed by atoms with Crippen LogP contribution in [0, 0.1) is 6.92 Å². The number of pyridine rings is 1. The van der Waals surface area contributed by atoms with E-state index in [1.54, 1.807) is 16.7 Å². The summed E-state index contributed by atoms with van der Waals surface area (Å²) in [5.74, 6) is -0.409. The number of aliphatic hydroxyl groups is 1. The molecule has 5 nitrogen and oxygen atoms in total. The fourth-order valence-corrected chi connectivity index (χ4v) is 2.18. The Hall–Kier alpha value is -1.88. The van der Waals surface area contributed by atoms with Crippen molar-refractivity contribution in [1.82, 2.24) is 9.38 Å². The summed E-state index contributed by atoms with van der Waals surface area (Å²) in [5, 5.41) is 10.3. The maximum absolute atomic E-state index is 11.6. The van der Waals surface area contributed by atoms with Crippen LogP contribution in [-0.4, -0.2) is 27.6 Å². The van der Waals surface area contributed by atoms with Gasteiger partial charge < -0.3 is 14.2 Å². The Labute approximate surface area is 104 Å². The van der Waals surface area contributed by atoms with Gasteiger partial charge in [-0.3, -0.25) is 0 Å². The van der Waals surface area contributed by atoms with Crippen LogP contribution >= 0.6 is 0 Å². The Morgan fingerprint density at radius 3 is 2.83 bits per heavy atom. The van der Waals surface area contributed by atoms with E-state index in [2.05, 4.69) is 4.98 Å². The third-order valence-electron chi connectivity index (χ3n) is 3.32. The maximum atomic E-state index is 11.6. The number of hydrogen-bond acceptors (Lipinski definition) is 4. The van der Waals surface area contributed by atoms with Gasteiger partial charge in [-0.1, -0.05) is 0 Å². The van der Waals surface area contributed by atoms with Crippen LogP contribution in [0.15, 0.2) is 18.5 Å². The number of carbonyl (C=O) groups is 1. The number of carbonyl (C=O) groups excluding carboxylic acids is 1. The molecule has 2 aromatic heterocycles. The molecule has 5 heteroatoms. The third kappa shape index (κ3) is 1.59. The van der Waals surface area contributed by atoms with Crippen molar-refractivity contribution in [2.24, 2.45) is 0 Å². The number of nitrogens with zero attached hydrogens (tertiary/aromatic N) is 2. The molecule has 0 radical (unpaired) electrons. The molecule has 0 spiro atoms. The van der Waals surface area contributed by atoms with E-state index in [0.717, 1.165) is 5.69 Å². The Balaban J connectivity index is 2.26. The highest BCUT2D eigenvalue weighted by Gasteiger charge is 2.44. The lowest BCUT2D eigenvalue weighted by Gasteiger charge is -2.11. The fourth-order valence-electron chi connectivity index (χ4n) is 2.18. The minimum Gasteiger partial charge on any atom is -0.465 e. The molecule has 0 aromatic carbocycles. The number of imidazole rings is 1. The molecule has 2 aromatic rings. The van der Waals surface area contributed by atoms with Crippen LogP contribution in [0.4, 0.5) is 0 Å². The Morgan fingerprint density at radius 1 is 1.50 bits per heavy atom. The second-order valence-corrected chi connectivity index (χ2v) is 4.78. The lowest BCUT2D eigenvalue weighted by Crippen LogP contribution is -2.11. The number of methoxy groups -OCH3 is 1. The van der Waals surface area contributed by atoms with Gasteiger partial charge in [0.2, 0.25) is 0 Å². The second kappa shape index (κ2) is 3.55. The van der Waals surface area contributed by atoms with E-state index in [9.17, 15) is 9.90 Å². The van der Waals surface area contributed by atoms with Gasteiger partial charge >= 0.3 is 5.97 Å². The number of ether oxygens (including phenoxy) is 1. The van der Waals surface area contributed by atoms with E-state index < -0.39 is 11.6 Å². The van der Waals surface area contributed by atoms with E-state index in [-0.39, 0.29) is 0 Å². The smallest absolute Gasteiger partial charge is 0.339 e. The average Bonchev–Trinajstić information content (AvgIpc) is 2.98. The molecule has 1 aliphatic rings. The fraction of sp³-hybridized carbons (Fsp3) is 0.385. The number of aryl methyl sites for hydroxylation is 1. The Morgan fingerprint density at radius 2 is 2.22 bits per heavy atom. The number of esters is 1. The van der Waals surface area contributed by atoms with Crippen LogP contribution in [-0.2, 0) is 10.3 Å². The van der Waals surface area contributed by atoms with Gasteiger partial charge in [-0.2, -0.15) is 0 Å². The van der Waals surface area contributed by atoms with Crippen molar-refractivity contribution in [1.29, 1.82) is 0 Å². The average molecular weight is 246 g/mol. The van der Waals surface area contributed by atoms with Gasteiger partial charge in [0.25, 0.3) is 0 Å². The molecule has 2 heterocycles. The van der Waals surface area contributed by atoms with Crippen molar-refractivity contribution in [3.8, 4) is 0 Å². The molecule has 0 bridgehead atoms. The van der Waals surface area contributed by atoms with Crippen molar-refractivity contribution in [2.45, 2.75) is 25.4 Å². The van der Waals surface area contributed by atoms with Gasteiger partial charge in [0.05, 0.1) is 24.0 Å². The first-order valence-electron chi connectivity index (χ1n) is 5.84. The number of fused-ring (bicyclic) bond motifs is 1. The topological polar surface area (TPSA) is 63.8 Å². The summed E-state index contributed by atoms with van der Waals surface area (Å²) in [6.45, 7) is 1.88. The standard InChI is InChI=1S/C13H14N2O3/c1-8-6-15-7-9(12(16)18-2)5-10(11(15)14-8)13(17)3-4-13/h5-7,17H,3-4H2,1-2H3. The zero-order valence-electron chi connectivity index (χ0n) is 10.3. The lowest BCUT2D eigenvalue weighted by atomic mass is 10.1. The number of hydrogen-bond donors (Lipinski definition) is 1. The maximum Gasteiger partial charge on any atom is 0.339 e. The molecule has 3 rings (SSSR count). The van der Waals surface area contributed by atoms with Crippen molar-refractivity contribution < 1.29 is 14.6 Å². The summed E-state index contributed by atoms with van der Waals surface area (Å²) in [6, 6.07) is 1.68. The predicted molar refractivity (Wildman–Crippen MR) is 64.4 cm³/mol. The largest absolute Gasteiger partial charge is 0.465 e. The molecule has 0 saturated heterocycles. The third-order valence-corrected chi connectivity index (χ3v) is 3.32. The predicted octanol–water partition coefficient (Wildman–Crippen LogP) is 1.41. The van der Waals surface area contributed by atoms with Gasteiger partial charge in [-0.15, -0.1) is 0 Å². The molecular weight excluding hydrogens is 232 g/mol. The Bertz CT molecular complexity index is 641. The second-order valence-electron chi connectivity index (χ2n) is 4.78. The zero-order valence-corrected chi connectivity index (χ0v) is 10.3. The van der Waals surface area contributed by atoms with E-state index in [1.165, 1.54) is 7.11 Å². The molecule has 1 aliphatic carbocycles. The van der Waals surface area contributed by atoms with Crippen molar-refractivity contribution in [3.63, 3.8) is 0 Å². The SMILES string of the molecule is COC(=O)c1cc(C2(O)CC2)c2nc(C)cn2c1. The molecule has 18 heavy (non-hydrogen) atoms. The summed E-state index contributed by atoms with van der Waals surface area (Å²) < 4.78 is 6.50. The molecule has 1 fully saturated rings. The molecule has 0 amide bonds. The first-order chi connectivity index (χ1) is 8.53. The van der Waals surface area contributed by atoms with Crippen LogP contribution in [0.1, 0.15) is 34.5 Å². The summed E-state index contributed by atoms with van der Waals surface area (Å²) in [6.07, 6.45) is 4.92. The zero-order chi connectivity index (χ0) is 12.9. The number of rotatable bonds is 2. The molecule has 0 unspecified atom stereocenters. The molecular formula is C13H14N2O3. The quantitative estimate of drug-likeness (QED) is 0.814. The Kier molecular flexibility index (Phi) is 2.22. The molecule has 94 valence electrons. The molecule has 1 saturated carbocycles. The first kappa shape index (κ1) is 11.2. The van der Waals surface area contributed by atoms with Crippen LogP contribution in [0.25, 0.3) is 5.65 Å². The normalized spacial score (nSPS) is 16.8. The minimum atomic E-state index is -0.830. The summed E-state index contributed by atoms with van der Waals surface area (Å²) in [4.78, 5) is 16.0. The van der Waals surface area contributed by atoms with Crippen LogP contribution in [0.5, 0.6) is 0 Å². The minimum absolute atomic E-state index is 0.409. The van der Waals surface area contributed by atoms with Gasteiger partial charge in [0.1, 0.15) is 5.65 Å². The van der Waals surface area contributed by atoms with Crippen LogP contribution in [0.2, 0.25) is 0 Å². The number of aromatic nitrogens is 2. The molecule has 0 atom stereocenters. The van der Waals surface area contributed by atoms with Gasteiger partial charge in [-0.25, -0.2) is 9.78 Å². The van der Waals surface area contributed by atoms with Crippen molar-refractivity contribution in [2.75, 3.05) is 7.11 Å². The van der Waals surface area contributed by atoms with Crippen LogP contribution < -0.4 is 0 Å². The monoisotopic (exact) mass is 246 g/mol. The summed E-state index contributed by atoms with van der Waals surface area (Å²) >= 11 is 0. The highest BCUT2D eigenvalue weighted by atomic mass is 16.5. The van der Waals surface area contributed by atoms with Crippen molar-refractivity contribution in [3.05, 3.63) is 35.3 Å². The molecule has 0 aliphatic heterocycles. The van der Waals surface area contributed by atoms with E-state index in [4.69, 9.17) is 4.74 Å². The van der Waals surface area contributed by atoms with Gasteiger partial charge in [-0.05, 0) is 25.8 Å². The van der Waals surface area contributed by atoms with Crippen molar-refractivity contribution >= 4 is 11.6 Å². The highest BCUT2D eigenvalue weighted by Crippen LogP contribution is 2.46. The molecule has 1 N–H and O–H groups in total. The summed E-state index contributed by atoms with van der Waals surface area (Å²) in [7, 11) is 1.34. The van der Waals surface area contributed by atoms with E-state index >= 15 is 0 Å². The van der Waals surface area contributed by atoms with Gasteiger partial charge in [0.15, 0.2) is 0 Å². The first-order valence-corrected chi connectivity index (χ1v) is 5.84. The van der Waals surface area contributed by atoms with E-state index in [0.29, 0.717) is 29.6 Å². The highest BCUT2D eigenvalue weighted by molar-refractivity contribution is 5.90. The lowest BCUT2D eigenvalue weighted by molar-refractivity contribution is 0.0599. The summed E-state index contributed by atoms with van der Waals surface area (Å²) in [5.41, 5.74) is 1.86.